The summed E-state index contributed by atoms with van der Waals surface area (Å²) in [5, 5.41) is 51.2. The number of hydrogen-bond donors (Lipinski definition) is 5. The number of fused-ring (bicyclic) bond motifs is 3. The van der Waals surface area contributed by atoms with Crippen molar-refractivity contribution in [1.29, 1.82) is 0 Å². The second-order valence-electron chi connectivity index (χ2n) is 11.7. The van der Waals surface area contributed by atoms with Crippen LogP contribution in [0.1, 0.15) is 87.7 Å². The number of hydrogen-bond acceptors (Lipinski definition) is 8. The summed E-state index contributed by atoms with van der Waals surface area (Å²) in [6, 6.07) is 1.82. The number of aliphatic hydroxyl groups excluding tert-OH is 4. The number of ether oxygens (including phenoxy) is 3. The largest absolute Gasteiger partial charge is 0.487 e. The van der Waals surface area contributed by atoms with Gasteiger partial charge in [0, 0.05) is 17.4 Å². The summed E-state index contributed by atoms with van der Waals surface area (Å²) in [4.78, 5) is 12.8. The molecule has 1 aliphatic carbocycles. The van der Waals surface area contributed by atoms with Crippen molar-refractivity contribution in [1.82, 2.24) is 0 Å². The first-order chi connectivity index (χ1) is 17.9. The third kappa shape index (κ3) is 5.31. The van der Waals surface area contributed by atoms with Crippen LogP contribution < -0.4 is 9.47 Å². The van der Waals surface area contributed by atoms with Gasteiger partial charge in [0.05, 0.1) is 18.6 Å². The predicted octanol–water partition coefficient (Wildman–Crippen LogP) is 3.36. The Balaban J connectivity index is 1.91. The van der Waals surface area contributed by atoms with Gasteiger partial charge in [0.25, 0.3) is 0 Å². The molecule has 2 unspecified atom stereocenters. The van der Waals surface area contributed by atoms with E-state index < -0.39 is 48.9 Å². The lowest BCUT2D eigenvalue weighted by molar-refractivity contribution is -0.313. The molecular formula is C29H42O9. The third-order valence-electron chi connectivity index (χ3n) is 8.68. The van der Waals surface area contributed by atoms with Crippen LogP contribution in [0.3, 0.4) is 0 Å². The Bertz CT molecular complexity index is 1060. The normalized spacial score (nSPS) is 32.9. The zero-order chi connectivity index (χ0) is 27.9. The second kappa shape index (κ2) is 11.1. The molecule has 2 heterocycles. The highest BCUT2D eigenvalue weighted by molar-refractivity contribution is 5.94. The summed E-state index contributed by atoms with van der Waals surface area (Å²) in [7, 11) is 0. The minimum absolute atomic E-state index is 0.0128. The number of carboxylic acid groups (broad SMARTS) is 1. The van der Waals surface area contributed by atoms with Gasteiger partial charge >= 0.3 is 5.97 Å². The standard InChI is InChI=1S/C29H42O9/c1-6-14(2)7-9-16-12-20-22(17-11-15(3)8-10-19(17)29(4,5)38-20)25(21(16)26(33)34)36-28-18(13-30)23(31)24(32)27(35)37-28/h11-12,14,17-19,23-24,27-28,30-32,35H,6-10,13H2,1-5H3,(H,33,34)/t14?,17-,18-,19-,23-,24+,27+,28?/m1/s1. The maximum atomic E-state index is 12.8. The number of aliphatic hydroxyl groups is 4. The number of carboxylic acids is 1. The molecule has 5 N–H and O–H groups in total. The van der Waals surface area contributed by atoms with Crippen LogP contribution in [0.25, 0.3) is 0 Å². The zero-order valence-electron chi connectivity index (χ0n) is 22.9. The summed E-state index contributed by atoms with van der Waals surface area (Å²) in [5.41, 5.74) is 1.83. The second-order valence-corrected chi connectivity index (χ2v) is 11.7. The monoisotopic (exact) mass is 534 g/mol. The zero-order valence-corrected chi connectivity index (χ0v) is 22.9. The van der Waals surface area contributed by atoms with Crippen molar-refractivity contribution in [3.63, 3.8) is 0 Å². The van der Waals surface area contributed by atoms with E-state index in [1.165, 1.54) is 5.57 Å². The molecule has 0 spiro atoms. The van der Waals surface area contributed by atoms with E-state index in [1.807, 2.05) is 19.9 Å². The molecule has 9 nitrogen and oxygen atoms in total. The van der Waals surface area contributed by atoms with Crippen LogP contribution in [-0.4, -0.2) is 68.5 Å². The topological polar surface area (TPSA) is 146 Å². The summed E-state index contributed by atoms with van der Waals surface area (Å²) in [6.45, 7) is 9.75. The van der Waals surface area contributed by atoms with E-state index in [9.17, 15) is 30.3 Å². The van der Waals surface area contributed by atoms with Gasteiger partial charge in [-0.25, -0.2) is 4.79 Å². The average Bonchev–Trinajstić information content (AvgIpc) is 2.85. The molecule has 2 aliphatic heterocycles. The van der Waals surface area contributed by atoms with Crippen LogP contribution >= 0.6 is 0 Å². The van der Waals surface area contributed by atoms with Crippen LogP contribution in [-0.2, 0) is 11.2 Å². The van der Waals surface area contributed by atoms with Crippen LogP contribution in [0, 0.1) is 17.8 Å². The Morgan fingerprint density at radius 1 is 1.24 bits per heavy atom. The fourth-order valence-corrected chi connectivity index (χ4v) is 6.08. The van der Waals surface area contributed by atoms with E-state index in [2.05, 4.69) is 26.8 Å². The number of carbonyl (C=O) groups is 1. The number of benzene rings is 1. The molecular weight excluding hydrogens is 492 g/mol. The van der Waals surface area contributed by atoms with Crippen LogP contribution in [0.4, 0.5) is 0 Å². The molecule has 212 valence electrons. The van der Waals surface area contributed by atoms with E-state index in [4.69, 9.17) is 14.2 Å². The molecule has 0 bridgehead atoms. The van der Waals surface area contributed by atoms with E-state index in [1.54, 1.807) is 0 Å². The molecule has 1 fully saturated rings. The fourth-order valence-electron chi connectivity index (χ4n) is 6.08. The Morgan fingerprint density at radius 3 is 2.58 bits per heavy atom. The first-order valence-corrected chi connectivity index (χ1v) is 13.7. The Hall–Kier alpha value is -2.17. The molecule has 0 saturated carbocycles. The highest BCUT2D eigenvalue weighted by Gasteiger charge is 2.49. The maximum absolute atomic E-state index is 12.8. The number of rotatable bonds is 8. The molecule has 3 aliphatic rings. The van der Waals surface area contributed by atoms with Crippen molar-refractivity contribution in [2.45, 2.75) is 103 Å². The van der Waals surface area contributed by atoms with E-state index in [0.717, 1.165) is 25.7 Å². The number of aromatic carboxylic acids is 1. The average molecular weight is 535 g/mol. The van der Waals surface area contributed by atoms with Gasteiger partial charge in [-0.1, -0.05) is 31.9 Å². The lowest BCUT2D eigenvalue weighted by Gasteiger charge is -2.47. The molecule has 0 radical (unpaired) electrons. The molecule has 0 amide bonds. The Morgan fingerprint density at radius 2 is 1.95 bits per heavy atom. The molecule has 1 saturated heterocycles. The first kappa shape index (κ1) is 28.8. The van der Waals surface area contributed by atoms with Crippen molar-refractivity contribution < 1.29 is 44.5 Å². The molecule has 38 heavy (non-hydrogen) atoms. The smallest absolute Gasteiger partial charge is 0.339 e. The number of aryl methyl sites for hydroxylation is 1. The summed E-state index contributed by atoms with van der Waals surface area (Å²) >= 11 is 0. The Labute approximate surface area is 224 Å². The van der Waals surface area contributed by atoms with Gasteiger partial charge in [-0.2, -0.15) is 0 Å². The van der Waals surface area contributed by atoms with Crippen LogP contribution in [0.5, 0.6) is 11.5 Å². The van der Waals surface area contributed by atoms with E-state index >= 15 is 0 Å². The third-order valence-corrected chi connectivity index (χ3v) is 8.68. The van der Waals surface area contributed by atoms with Gasteiger partial charge in [-0.3, -0.25) is 0 Å². The molecule has 4 rings (SSSR count). The fraction of sp³-hybridized carbons (Fsp3) is 0.690. The minimum atomic E-state index is -1.77. The lowest BCUT2D eigenvalue weighted by Crippen LogP contribution is -2.57. The van der Waals surface area contributed by atoms with Gasteiger partial charge in [-0.05, 0) is 64.0 Å². The highest BCUT2D eigenvalue weighted by atomic mass is 16.7. The van der Waals surface area contributed by atoms with E-state index in [0.29, 0.717) is 29.2 Å². The maximum Gasteiger partial charge on any atom is 0.339 e. The highest BCUT2D eigenvalue weighted by Crippen LogP contribution is 2.55. The summed E-state index contributed by atoms with van der Waals surface area (Å²) in [5.74, 6) is -1.42. The quantitative estimate of drug-likeness (QED) is 0.317. The van der Waals surface area contributed by atoms with Crippen LogP contribution in [0.2, 0.25) is 0 Å². The van der Waals surface area contributed by atoms with Gasteiger partial charge in [0.15, 0.2) is 6.29 Å². The minimum Gasteiger partial charge on any atom is -0.487 e. The molecule has 1 aromatic rings. The molecule has 9 heteroatoms. The van der Waals surface area contributed by atoms with Crippen molar-refractivity contribution in [2.24, 2.45) is 17.8 Å². The van der Waals surface area contributed by atoms with Crippen molar-refractivity contribution in [2.75, 3.05) is 6.61 Å². The van der Waals surface area contributed by atoms with Crippen molar-refractivity contribution >= 4 is 5.97 Å². The van der Waals surface area contributed by atoms with Crippen molar-refractivity contribution in [3.8, 4) is 11.5 Å². The predicted molar refractivity (Wildman–Crippen MR) is 139 cm³/mol. The van der Waals surface area contributed by atoms with E-state index in [-0.39, 0.29) is 23.1 Å². The molecule has 8 atom stereocenters. The Kier molecular flexibility index (Phi) is 8.45. The van der Waals surface area contributed by atoms with Crippen LogP contribution in [0.15, 0.2) is 17.7 Å². The SMILES string of the molecule is CCC(C)CCc1cc2c(c(OC3O[C@H](O)[C@@H](O)[C@H](O)[C@H]3CO)c1C(=O)O)[C@@H]1C=C(C)CC[C@H]1C(C)(C)O2. The van der Waals surface area contributed by atoms with Gasteiger partial charge in [0.2, 0.25) is 6.29 Å². The molecule has 0 aromatic heterocycles. The van der Waals surface area contributed by atoms with Gasteiger partial charge in [-0.15, -0.1) is 0 Å². The number of allylic oxidation sites excluding steroid dienone is 2. The summed E-state index contributed by atoms with van der Waals surface area (Å²) in [6.07, 6.45) is -0.207. The summed E-state index contributed by atoms with van der Waals surface area (Å²) < 4.78 is 18.3. The molecule has 1 aromatic carbocycles. The van der Waals surface area contributed by atoms with Gasteiger partial charge in [0.1, 0.15) is 28.8 Å². The van der Waals surface area contributed by atoms with Gasteiger partial charge < -0.3 is 39.7 Å². The lowest BCUT2D eigenvalue weighted by atomic mass is 9.67. The first-order valence-electron chi connectivity index (χ1n) is 13.7. The van der Waals surface area contributed by atoms with Crippen molar-refractivity contribution in [3.05, 3.63) is 34.4 Å².